The second-order valence-corrected chi connectivity index (χ2v) is 6.59. The summed E-state index contributed by atoms with van der Waals surface area (Å²) in [5, 5.41) is 9.61. The van der Waals surface area contributed by atoms with Gasteiger partial charge in [0.15, 0.2) is 5.69 Å². The van der Waals surface area contributed by atoms with Crippen molar-refractivity contribution in [1.82, 2.24) is 20.4 Å². The number of rotatable bonds is 8. The Morgan fingerprint density at radius 2 is 2.00 bits per heavy atom. The normalized spacial score (nSPS) is 12.8. The van der Waals surface area contributed by atoms with Gasteiger partial charge in [-0.25, -0.2) is 0 Å². The highest BCUT2D eigenvalue weighted by Gasteiger charge is 2.27. The van der Waals surface area contributed by atoms with E-state index in [1.807, 2.05) is 30.3 Å². The van der Waals surface area contributed by atoms with Crippen LogP contribution in [0.5, 0.6) is 5.75 Å². The molecule has 0 saturated carbocycles. The molecule has 2 N–H and O–H groups in total. The maximum atomic E-state index is 12.5. The number of H-pyrrole nitrogens is 1. The summed E-state index contributed by atoms with van der Waals surface area (Å²) in [6, 6.07) is 9.36. The van der Waals surface area contributed by atoms with Crippen LogP contribution in [0.2, 0.25) is 0 Å². The molecule has 0 aliphatic carbocycles. The van der Waals surface area contributed by atoms with Gasteiger partial charge in [0.05, 0.1) is 38.8 Å². The van der Waals surface area contributed by atoms with Gasteiger partial charge in [0.25, 0.3) is 5.91 Å². The zero-order valence-electron chi connectivity index (χ0n) is 16.3. The van der Waals surface area contributed by atoms with Crippen LogP contribution in [0.1, 0.15) is 34.6 Å². The molecule has 2 aromatic rings. The molecule has 0 atom stereocenters. The zero-order chi connectivity index (χ0) is 20.6. The van der Waals surface area contributed by atoms with E-state index in [9.17, 15) is 14.4 Å². The van der Waals surface area contributed by atoms with E-state index < -0.39 is 0 Å². The molecule has 9 heteroatoms. The molecule has 2 amide bonds. The Kier molecular flexibility index (Phi) is 6.83. The molecule has 0 fully saturated rings. The number of nitrogens with one attached hydrogen (secondary N) is 2. The number of fused-ring (bicyclic) bond motifs is 1. The van der Waals surface area contributed by atoms with Gasteiger partial charge in [0.1, 0.15) is 5.75 Å². The number of ether oxygens (including phenoxy) is 2. The first-order chi connectivity index (χ1) is 14.1. The van der Waals surface area contributed by atoms with Crippen LogP contribution in [0.15, 0.2) is 30.3 Å². The fraction of sp³-hybridized carbons (Fsp3) is 0.400. The van der Waals surface area contributed by atoms with Crippen LogP contribution in [0, 0.1) is 0 Å². The first-order valence-electron chi connectivity index (χ1n) is 9.45. The number of methoxy groups -OCH3 is 1. The molecule has 1 aromatic carbocycles. The number of aromatic amines is 1. The van der Waals surface area contributed by atoms with Crippen LogP contribution >= 0.6 is 0 Å². The number of carbonyl (C=O) groups excluding carboxylic acids is 3. The molecule has 29 heavy (non-hydrogen) atoms. The first-order valence-corrected chi connectivity index (χ1v) is 9.45. The number of hydrogen-bond acceptors (Lipinski definition) is 6. The summed E-state index contributed by atoms with van der Waals surface area (Å²) in [6.07, 6.45) is 0.915. The fourth-order valence-corrected chi connectivity index (χ4v) is 3.11. The van der Waals surface area contributed by atoms with Crippen molar-refractivity contribution in [2.45, 2.75) is 25.8 Å². The van der Waals surface area contributed by atoms with Crippen LogP contribution in [-0.4, -0.2) is 59.7 Å². The third-order valence-corrected chi connectivity index (χ3v) is 4.67. The largest absolute Gasteiger partial charge is 0.493 e. The molecule has 0 radical (unpaired) electrons. The van der Waals surface area contributed by atoms with E-state index in [-0.39, 0.29) is 37.2 Å². The summed E-state index contributed by atoms with van der Waals surface area (Å²) in [4.78, 5) is 37.6. The fourth-order valence-electron chi connectivity index (χ4n) is 3.11. The summed E-state index contributed by atoms with van der Waals surface area (Å²) < 4.78 is 10.1. The van der Waals surface area contributed by atoms with E-state index in [1.54, 1.807) is 4.90 Å². The Labute approximate surface area is 168 Å². The predicted octanol–water partition coefficient (Wildman–Crippen LogP) is 1.06. The van der Waals surface area contributed by atoms with Gasteiger partial charge in [-0.15, -0.1) is 0 Å². The monoisotopic (exact) mass is 400 g/mol. The smallest absolute Gasteiger partial charge is 0.307 e. The quantitative estimate of drug-likeness (QED) is 0.641. The zero-order valence-corrected chi connectivity index (χ0v) is 16.3. The summed E-state index contributed by atoms with van der Waals surface area (Å²) in [7, 11) is 1.30. The second kappa shape index (κ2) is 9.72. The van der Waals surface area contributed by atoms with Crippen molar-refractivity contribution in [2.75, 3.05) is 26.8 Å². The van der Waals surface area contributed by atoms with Crippen LogP contribution in [0.3, 0.4) is 0 Å². The minimum absolute atomic E-state index is 0.00902. The molecule has 9 nitrogen and oxygen atoms in total. The molecule has 1 aromatic heterocycles. The number of aromatic nitrogens is 2. The van der Waals surface area contributed by atoms with Gasteiger partial charge >= 0.3 is 5.97 Å². The SMILES string of the molecule is COC(=O)CCNC(=O)c1n[nH]c2c1CCN(C(=O)CCOc1ccccc1)C2. The number of amides is 2. The maximum absolute atomic E-state index is 12.5. The number of para-hydroxylation sites is 1. The number of benzene rings is 1. The third kappa shape index (κ3) is 5.34. The third-order valence-electron chi connectivity index (χ3n) is 4.67. The lowest BCUT2D eigenvalue weighted by molar-refractivity contribution is -0.140. The van der Waals surface area contributed by atoms with Gasteiger partial charge in [0, 0.05) is 18.7 Å². The van der Waals surface area contributed by atoms with Crippen molar-refractivity contribution >= 4 is 17.8 Å². The Hall–Kier alpha value is -3.36. The summed E-state index contributed by atoms with van der Waals surface area (Å²) >= 11 is 0. The van der Waals surface area contributed by atoms with E-state index >= 15 is 0 Å². The number of hydrogen-bond donors (Lipinski definition) is 2. The van der Waals surface area contributed by atoms with Crippen LogP contribution in [0.25, 0.3) is 0 Å². The molecular formula is C20H24N4O5. The van der Waals surface area contributed by atoms with Crippen LogP contribution in [-0.2, 0) is 27.3 Å². The Balaban J connectivity index is 1.49. The van der Waals surface area contributed by atoms with E-state index in [4.69, 9.17) is 4.74 Å². The Bertz CT molecular complexity index is 865. The maximum Gasteiger partial charge on any atom is 0.307 e. The molecule has 154 valence electrons. The standard InChI is InChI=1S/C20H24N4O5/c1-28-18(26)7-10-21-20(27)19-15-8-11-24(13-16(15)22-23-19)17(25)9-12-29-14-5-3-2-4-6-14/h2-6H,7-13H2,1H3,(H,21,27)(H,22,23). The average Bonchev–Trinajstić information content (AvgIpc) is 3.17. The molecule has 3 rings (SSSR count). The number of nitrogens with zero attached hydrogens (tertiary/aromatic N) is 2. The molecular weight excluding hydrogens is 376 g/mol. The molecule has 1 aliphatic heterocycles. The lowest BCUT2D eigenvalue weighted by Crippen LogP contribution is -2.37. The predicted molar refractivity (Wildman–Crippen MR) is 103 cm³/mol. The van der Waals surface area contributed by atoms with Crippen molar-refractivity contribution in [3.63, 3.8) is 0 Å². The summed E-state index contributed by atoms with van der Waals surface area (Å²) in [6.45, 7) is 1.38. The van der Waals surface area contributed by atoms with Gasteiger partial charge in [0.2, 0.25) is 5.91 Å². The topological polar surface area (TPSA) is 114 Å². The lowest BCUT2D eigenvalue weighted by atomic mass is 10.0. The molecule has 1 aliphatic rings. The highest BCUT2D eigenvalue weighted by atomic mass is 16.5. The number of carbonyl (C=O) groups is 3. The summed E-state index contributed by atoms with van der Waals surface area (Å²) in [5.74, 6) is -0.00916. The van der Waals surface area contributed by atoms with Gasteiger partial charge in [-0.1, -0.05) is 18.2 Å². The van der Waals surface area contributed by atoms with Crippen molar-refractivity contribution in [2.24, 2.45) is 0 Å². The van der Waals surface area contributed by atoms with Gasteiger partial charge in [-0.3, -0.25) is 19.5 Å². The Morgan fingerprint density at radius 3 is 2.76 bits per heavy atom. The molecule has 0 spiro atoms. The average molecular weight is 400 g/mol. The van der Waals surface area contributed by atoms with Crippen molar-refractivity contribution < 1.29 is 23.9 Å². The Morgan fingerprint density at radius 1 is 1.21 bits per heavy atom. The van der Waals surface area contributed by atoms with Gasteiger partial charge < -0.3 is 19.7 Å². The van der Waals surface area contributed by atoms with Crippen LogP contribution < -0.4 is 10.1 Å². The molecule has 2 heterocycles. The minimum atomic E-state index is -0.389. The first kappa shape index (κ1) is 20.4. The van der Waals surface area contributed by atoms with Crippen LogP contribution in [0.4, 0.5) is 0 Å². The van der Waals surface area contributed by atoms with Gasteiger partial charge in [-0.05, 0) is 18.6 Å². The van der Waals surface area contributed by atoms with E-state index in [1.165, 1.54) is 7.11 Å². The van der Waals surface area contributed by atoms with E-state index in [0.717, 1.165) is 17.0 Å². The van der Waals surface area contributed by atoms with E-state index in [2.05, 4.69) is 20.3 Å². The second-order valence-electron chi connectivity index (χ2n) is 6.59. The molecule has 0 bridgehead atoms. The van der Waals surface area contributed by atoms with Crippen molar-refractivity contribution in [1.29, 1.82) is 0 Å². The van der Waals surface area contributed by atoms with Gasteiger partial charge in [-0.2, -0.15) is 5.10 Å². The molecule has 0 unspecified atom stereocenters. The van der Waals surface area contributed by atoms with E-state index in [0.29, 0.717) is 31.8 Å². The highest BCUT2D eigenvalue weighted by Crippen LogP contribution is 2.21. The molecule has 0 saturated heterocycles. The summed E-state index contributed by atoms with van der Waals surface area (Å²) in [5.41, 5.74) is 1.88. The van der Waals surface area contributed by atoms with Crippen molar-refractivity contribution in [3.05, 3.63) is 47.3 Å². The minimum Gasteiger partial charge on any atom is -0.493 e. The highest BCUT2D eigenvalue weighted by molar-refractivity contribution is 5.94. The lowest BCUT2D eigenvalue weighted by Gasteiger charge is -2.27. The van der Waals surface area contributed by atoms with Crippen molar-refractivity contribution in [3.8, 4) is 5.75 Å². The number of esters is 1.